The summed E-state index contributed by atoms with van der Waals surface area (Å²) in [5.41, 5.74) is 2.44. The molecule has 4 rings (SSSR count). The average molecular weight is 480 g/mol. The summed E-state index contributed by atoms with van der Waals surface area (Å²) in [6, 6.07) is 17.9. The topological polar surface area (TPSA) is 102 Å². The van der Waals surface area contributed by atoms with Gasteiger partial charge < -0.3 is 15.0 Å². The smallest absolute Gasteiger partial charge is 0.269 e. The summed E-state index contributed by atoms with van der Waals surface area (Å²) in [4.78, 5) is 37.8. The van der Waals surface area contributed by atoms with Crippen molar-refractivity contribution in [3.63, 3.8) is 0 Å². The van der Waals surface area contributed by atoms with Gasteiger partial charge in [0.2, 0.25) is 0 Å². The first-order valence-corrected chi connectivity index (χ1v) is 11.1. The van der Waals surface area contributed by atoms with Crippen LogP contribution < -0.4 is 10.1 Å². The number of ether oxygens (including phenoxy) is 1. The summed E-state index contributed by atoms with van der Waals surface area (Å²) in [5.74, 6) is 0.0853. The molecule has 1 atom stereocenters. The molecule has 1 heterocycles. The van der Waals surface area contributed by atoms with Gasteiger partial charge in [0.05, 0.1) is 4.92 Å². The molecule has 0 fully saturated rings. The van der Waals surface area contributed by atoms with E-state index in [-0.39, 0.29) is 11.6 Å². The van der Waals surface area contributed by atoms with Gasteiger partial charge in [0, 0.05) is 47.1 Å². The predicted octanol–water partition coefficient (Wildman–Crippen LogP) is 5.20. The largest absolute Gasteiger partial charge is 0.480 e. The number of carbonyl (C=O) groups is 2. The van der Waals surface area contributed by atoms with Crippen LogP contribution in [0.5, 0.6) is 5.75 Å². The third-order valence-corrected chi connectivity index (χ3v) is 5.79. The van der Waals surface area contributed by atoms with Crippen LogP contribution >= 0.6 is 11.6 Å². The molecular formula is C25H22ClN3O5. The number of amides is 2. The van der Waals surface area contributed by atoms with Crippen LogP contribution in [-0.2, 0) is 17.9 Å². The molecule has 0 aromatic heterocycles. The summed E-state index contributed by atoms with van der Waals surface area (Å²) >= 11 is 5.98. The molecule has 0 saturated heterocycles. The van der Waals surface area contributed by atoms with E-state index in [1.165, 1.54) is 24.3 Å². The monoisotopic (exact) mass is 479 g/mol. The Hall–Kier alpha value is -3.91. The molecular weight excluding hydrogens is 458 g/mol. The number of nitrogens with one attached hydrogen (secondary N) is 1. The van der Waals surface area contributed by atoms with Gasteiger partial charge in [-0.15, -0.1) is 0 Å². The van der Waals surface area contributed by atoms with E-state index >= 15 is 0 Å². The molecule has 1 N–H and O–H groups in total. The maximum atomic E-state index is 13.1. The van der Waals surface area contributed by atoms with E-state index in [1.807, 2.05) is 19.1 Å². The van der Waals surface area contributed by atoms with Gasteiger partial charge >= 0.3 is 0 Å². The molecule has 174 valence electrons. The summed E-state index contributed by atoms with van der Waals surface area (Å²) in [5, 5.41) is 14.2. The lowest BCUT2D eigenvalue weighted by atomic mass is 10.1. The molecule has 1 aliphatic heterocycles. The molecule has 1 aliphatic rings. The second-order valence-corrected chi connectivity index (χ2v) is 8.35. The van der Waals surface area contributed by atoms with Crippen molar-refractivity contribution in [1.82, 2.24) is 4.90 Å². The molecule has 3 aromatic rings. The van der Waals surface area contributed by atoms with Gasteiger partial charge in [0.25, 0.3) is 17.5 Å². The number of hydrogen-bond donors (Lipinski definition) is 1. The van der Waals surface area contributed by atoms with Crippen LogP contribution in [0.4, 0.5) is 11.4 Å². The van der Waals surface area contributed by atoms with Crippen molar-refractivity contribution in [3.05, 3.63) is 98.6 Å². The molecule has 9 heteroatoms. The van der Waals surface area contributed by atoms with Crippen molar-refractivity contribution in [2.45, 2.75) is 32.5 Å². The second kappa shape index (κ2) is 9.93. The number of nitrogens with zero attached hydrogens (tertiary/aromatic N) is 2. The van der Waals surface area contributed by atoms with E-state index in [0.29, 0.717) is 41.5 Å². The van der Waals surface area contributed by atoms with Crippen molar-refractivity contribution in [1.29, 1.82) is 0 Å². The van der Waals surface area contributed by atoms with Crippen LogP contribution in [0.2, 0.25) is 5.02 Å². The zero-order valence-electron chi connectivity index (χ0n) is 18.4. The lowest BCUT2D eigenvalue weighted by Crippen LogP contribution is -2.38. The first-order valence-electron chi connectivity index (χ1n) is 10.7. The number of rotatable bonds is 6. The number of fused-ring (bicyclic) bond motifs is 1. The third kappa shape index (κ3) is 5.18. The fourth-order valence-corrected chi connectivity index (χ4v) is 3.85. The number of carbonyl (C=O) groups excluding carboxylic acids is 2. The van der Waals surface area contributed by atoms with Crippen LogP contribution in [0.25, 0.3) is 0 Å². The highest BCUT2D eigenvalue weighted by molar-refractivity contribution is 6.30. The number of anilines is 1. The highest BCUT2D eigenvalue weighted by Crippen LogP contribution is 2.30. The van der Waals surface area contributed by atoms with Crippen LogP contribution in [0.3, 0.4) is 0 Å². The van der Waals surface area contributed by atoms with Gasteiger partial charge in [0.1, 0.15) is 5.75 Å². The zero-order valence-corrected chi connectivity index (χ0v) is 19.1. The molecule has 0 bridgehead atoms. The quantitative estimate of drug-likeness (QED) is 0.386. The van der Waals surface area contributed by atoms with Gasteiger partial charge in [0.15, 0.2) is 6.10 Å². The minimum absolute atomic E-state index is 0.0883. The Morgan fingerprint density at radius 2 is 1.85 bits per heavy atom. The number of nitro benzene ring substituents is 1. The van der Waals surface area contributed by atoms with Gasteiger partial charge in [-0.25, -0.2) is 0 Å². The maximum absolute atomic E-state index is 13.1. The van der Waals surface area contributed by atoms with E-state index in [0.717, 1.165) is 11.1 Å². The molecule has 0 aliphatic carbocycles. The molecule has 8 nitrogen and oxygen atoms in total. The molecule has 0 unspecified atom stereocenters. The first kappa shape index (κ1) is 23.3. The number of nitro groups is 1. The zero-order chi connectivity index (χ0) is 24.2. The van der Waals surface area contributed by atoms with Crippen LogP contribution in [-0.4, -0.2) is 27.7 Å². The average Bonchev–Trinajstić information content (AvgIpc) is 2.96. The summed E-state index contributed by atoms with van der Waals surface area (Å²) in [6.07, 6.45) is -0.0808. The second-order valence-electron chi connectivity index (χ2n) is 7.92. The Balaban J connectivity index is 1.55. The van der Waals surface area contributed by atoms with Crippen molar-refractivity contribution < 1.29 is 19.2 Å². The third-order valence-electron chi connectivity index (χ3n) is 5.53. The van der Waals surface area contributed by atoms with Gasteiger partial charge in [-0.3, -0.25) is 19.7 Å². The first-order chi connectivity index (χ1) is 16.3. The highest BCUT2D eigenvalue weighted by atomic mass is 35.5. The summed E-state index contributed by atoms with van der Waals surface area (Å²) in [7, 11) is 0. The molecule has 0 saturated carbocycles. The molecule has 34 heavy (non-hydrogen) atoms. The van der Waals surface area contributed by atoms with Crippen LogP contribution in [0, 0.1) is 10.1 Å². The Labute approximate surface area is 201 Å². The van der Waals surface area contributed by atoms with Gasteiger partial charge in [-0.05, 0) is 54.4 Å². The molecule has 3 aromatic carbocycles. The number of non-ortho nitro benzene ring substituents is 1. The number of benzene rings is 3. The standard InChI is InChI=1S/C25H22ClN3O5/c1-2-22-25(31)28(14-16-3-7-19(26)8-4-16)15-18-13-20(9-12-23(18)34-22)27-24(30)17-5-10-21(11-6-17)29(32)33/h3-13,22H,2,14-15H2,1H3,(H,27,30)/t22-/m0/s1. The Kier molecular flexibility index (Phi) is 6.79. The molecule has 2 amide bonds. The van der Waals surface area contributed by atoms with Crippen molar-refractivity contribution in [2.75, 3.05) is 5.32 Å². The van der Waals surface area contributed by atoms with E-state index in [2.05, 4.69) is 5.32 Å². The number of hydrogen-bond acceptors (Lipinski definition) is 5. The Morgan fingerprint density at radius 1 is 1.15 bits per heavy atom. The molecule has 0 spiro atoms. The lowest BCUT2D eigenvalue weighted by Gasteiger charge is -2.23. The van der Waals surface area contributed by atoms with Crippen LogP contribution in [0.15, 0.2) is 66.7 Å². The van der Waals surface area contributed by atoms with Crippen molar-refractivity contribution in [2.24, 2.45) is 0 Å². The predicted molar refractivity (Wildman–Crippen MR) is 128 cm³/mol. The fourth-order valence-electron chi connectivity index (χ4n) is 3.73. The minimum Gasteiger partial charge on any atom is -0.480 e. The van der Waals surface area contributed by atoms with E-state index in [9.17, 15) is 19.7 Å². The number of halogens is 1. The highest BCUT2D eigenvalue weighted by Gasteiger charge is 2.30. The Bertz CT molecular complexity index is 1230. The maximum Gasteiger partial charge on any atom is 0.269 e. The lowest BCUT2D eigenvalue weighted by molar-refractivity contribution is -0.384. The fraction of sp³-hybridized carbons (Fsp3) is 0.200. The van der Waals surface area contributed by atoms with Gasteiger partial charge in [-0.2, -0.15) is 0 Å². The summed E-state index contributed by atoms with van der Waals surface area (Å²) in [6.45, 7) is 2.61. The van der Waals surface area contributed by atoms with E-state index in [4.69, 9.17) is 16.3 Å². The van der Waals surface area contributed by atoms with E-state index < -0.39 is 16.9 Å². The molecule has 0 radical (unpaired) electrons. The SMILES string of the molecule is CC[C@@H]1Oc2ccc(NC(=O)c3ccc([N+](=O)[O-])cc3)cc2CN(Cc2ccc(Cl)cc2)C1=O. The summed E-state index contributed by atoms with van der Waals surface area (Å²) < 4.78 is 6.00. The van der Waals surface area contributed by atoms with Crippen molar-refractivity contribution in [3.8, 4) is 5.75 Å². The van der Waals surface area contributed by atoms with E-state index in [1.54, 1.807) is 35.2 Å². The normalized spacial score (nSPS) is 15.2. The Morgan fingerprint density at radius 3 is 2.50 bits per heavy atom. The van der Waals surface area contributed by atoms with Crippen molar-refractivity contribution >= 4 is 34.8 Å². The van der Waals surface area contributed by atoms with Crippen LogP contribution in [0.1, 0.15) is 34.8 Å². The minimum atomic E-state index is -0.603. The van der Waals surface area contributed by atoms with Gasteiger partial charge in [-0.1, -0.05) is 30.7 Å².